The molecule has 3 atom stereocenters. The second kappa shape index (κ2) is 6.24. The van der Waals surface area contributed by atoms with E-state index in [4.69, 9.17) is 14.2 Å². The van der Waals surface area contributed by atoms with Crippen molar-refractivity contribution in [2.75, 3.05) is 20.3 Å². The Morgan fingerprint density at radius 2 is 2.00 bits per heavy atom. The van der Waals surface area contributed by atoms with E-state index in [-0.39, 0.29) is 24.9 Å². The first-order valence-electron chi connectivity index (χ1n) is 7.43. The Bertz CT molecular complexity index is 469. The fraction of sp³-hybridized carbons (Fsp3) is 0.800. The molecule has 0 N–H and O–H groups in total. The van der Waals surface area contributed by atoms with Crippen LogP contribution in [0.15, 0.2) is 0 Å². The Labute approximate surface area is 129 Å². The van der Waals surface area contributed by atoms with E-state index in [0.29, 0.717) is 12.8 Å². The number of ketones is 1. The molecular formula is C15H23NO6. The van der Waals surface area contributed by atoms with Gasteiger partial charge in [0, 0.05) is 25.3 Å². The van der Waals surface area contributed by atoms with Crippen molar-refractivity contribution in [2.24, 2.45) is 5.92 Å². The summed E-state index contributed by atoms with van der Waals surface area (Å²) in [5.41, 5.74) is -0.668. The Morgan fingerprint density at radius 3 is 2.59 bits per heavy atom. The smallest absolute Gasteiger partial charge is 0.411 e. The second-order valence-electron chi connectivity index (χ2n) is 6.69. The zero-order valence-electron chi connectivity index (χ0n) is 13.5. The average Bonchev–Trinajstić information content (AvgIpc) is 2.65. The number of carbonyl (C=O) groups excluding carboxylic acids is 3. The third kappa shape index (κ3) is 3.58. The molecule has 0 aliphatic carbocycles. The number of likely N-dealkylation sites (tertiary alicyclic amines) is 1. The molecule has 124 valence electrons. The molecule has 0 radical (unpaired) electrons. The maximum atomic E-state index is 12.4. The Hall–Kier alpha value is -1.63. The first-order valence-corrected chi connectivity index (χ1v) is 7.43. The standard InChI is InChI=1S/C15H23NO6/c1-15(2,3)22-14(19)16-8-9-7-10(17)5-6-21-12(9)11(16)13(18)20-4/h9,11-12H,5-8H2,1-4H3. The van der Waals surface area contributed by atoms with Gasteiger partial charge in [0.1, 0.15) is 11.4 Å². The van der Waals surface area contributed by atoms with Crippen molar-refractivity contribution in [2.45, 2.75) is 51.4 Å². The molecule has 1 amide bonds. The highest BCUT2D eigenvalue weighted by Crippen LogP contribution is 2.33. The lowest BCUT2D eigenvalue weighted by Crippen LogP contribution is -2.48. The average molecular weight is 313 g/mol. The molecule has 2 rings (SSSR count). The molecule has 0 saturated carbocycles. The minimum Gasteiger partial charge on any atom is -0.467 e. The monoisotopic (exact) mass is 313 g/mol. The summed E-state index contributed by atoms with van der Waals surface area (Å²) in [5.74, 6) is -0.665. The number of methoxy groups -OCH3 is 1. The predicted octanol–water partition coefficient (Wildman–Crippen LogP) is 1.14. The van der Waals surface area contributed by atoms with Crippen LogP contribution in [0.25, 0.3) is 0 Å². The van der Waals surface area contributed by atoms with Crippen LogP contribution in [-0.2, 0) is 23.8 Å². The highest BCUT2D eigenvalue weighted by atomic mass is 16.6. The van der Waals surface area contributed by atoms with Gasteiger partial charge in [-0.3, -0.25) is 9.69 Å². The lowest BCUT2D eigenvalue weighted by atomic mass is 9.96. The van der Waals surface area contributed by atoms with Crippen LogP contribution in [0.2, 0.25) is 0 Å². The van der Waals surface area contributed by atoms with E-state index in [2.05, 4.69) is 0 Å². The molecular weight excluding hydrogens is 290 g/mol. The molecule has 0 bridgehead atoms. The van der Waals surface area contributed by atoms with Gasteiger partial charge in [0.2, 0.25) is 0 Å². The molecule has 2 fully saturated rings. The van der Waals surface area contributed by atoms with Crippen LogP contribution in [0, 0.1) is 5.92 Å². The number of fused-ring (bicyclic) bond motifs is 1. The van der Waals surface area contributed by atoms with Crippen LogP contribution >= 0.6 is 0 Å². The second-order valence-corrected chi connectivity index (χ2v) is 6.69. The molecule has 0 aromatic heterocycles. The highest BCUT2D eigenvalue weighted by Gasteiger charge is 2.51. The highest BCUT2D eigenvalue weighted by molar-refractivity contribution is 5.84. The van der Waals surface area contributed by atoms with E-state index in [1.807, 2.05) is 0 Å². The van der Waals surface area contributed by atoms with Gasteiger partial charge < -0.3 is 14.2 Å². The molecule has 7 nitrogen and oxygen atoms in total. The number of rotatable bonds is 1. The van der Waals surface area contributed by atoms with Gasteiger partial charge in [0.15, 0.2) is 6.04 Å². The number of nitrogens with zero attached hydrogens (tertiary/aromatic N) is 1. The van der Waals surface area contributed by atoms with Gasteiger partial charge in [0.25, 0.3) is 0 Å². The van der Waals surface area contributed by atoms with Gasteiger partial charge in [-0.15, -0.1) is 0 Å². The van der Waals surface area contributed by atoms with Crippen LogP contribution in [0.3, 0.4) is 0 Å². The molecule has 0 aromatic carbocycles. The van der Waals surface area contributed by atoms with Crippen molar-refractivity contribution in [3.8, 4) is 0 Å². The summed E-state index contributed by atoms with van der Waals surface area (Å²) in [6, 6.07) is -0.865. The number of esters is 1. The van der Waals surface area contributed by atoms with Crippen molar-refractivity contribution in [1.29, 1.82) is 0 Å². The maximum Gasteiger partial charge on any atom is 0.411 e. The van der Waals surface area contributed by atoms with Crippen molar-refractivity contribution in [1.82, 2.24) is 4.90 Å². The molecule has 0 spiro atoms. The summed E-state index contributed by atoms with van der Waals surface area (Å²) >= 11 is 0. The lowest BCUT2D eigenvalue weighted by Gasteiger charge is -2.28. The number of hydrogen-bond donors (Lipinski definition) is 0. The summed E-state index contributed by atoms with van der Waals surface area (Å²) < 4.78 is 15.8. The van der Waals surface area contributed by atoms with Gasteiger partial charge in [0.05, 0.1) is 19.8 Å². The fourth-order valence-electron chi connectivity index (χ4n) is 2.91. The molecule has 2 aliphatic heterocycles. The topological polar surface area (TPSA) is 82.1 Å². The molecule has 2 heterocycles. The zero-order chi connectivity index (χ0) is 16.5. The Balaban J connectivity index is 2.23. The first-order chi connectivity index (χ1) is 10.2. The number of Topliss-reactive ketones (excluding diaryl/α,β-unsaturated/α-hetero) is 1. The predicted molar refractivity (Wildman–Crippen MR) is 76.2 cm³/mol. The summed E-state index contributed by atoms with van der Waals surface area (Å²) in [6.45, 7) is 5.78. The van der Waals surface area contributed by atoms with Crippen LogP contribution in [-0.4, -0.2) is 60.8 Å². The van der Waals surface area contributed by atoms with Crippen LogP contribution in [0.5, 0.6) is 0 Å². The number of ether oxygens (including phenoxy) is 3. The lowest BCUT2D eigenvalue weighted by molar-refractivity contribution is -0.150. The maximum absolute atomic E-state index is 12.4. The molecule has 2 saturated heterocycles. The zero-order valence-corrected chi connectivity index (χ0v) is 13.5. The largest absolute Gasteiger partial charge is 0.467 e. The van der Waals surface area contributed by atoms with Crippen molar-refractivity contribution in [3.63, 3.8) is 0 Å². The van der Waals surface area contributed by atoms with Gasteiger partial charge in [-0.25, -0.2) is 9.59 Å². The van der Waals surface area contributed by atoms with Crippen LogP contribution in [0.1, 0.15) is 33.6 Å². The van der Waals surface area contributed by atoms with Gasteiger partial charge in [-0.05, 0) is 20.8 Å². The van der Waals surface area contributed by atoms with Gasteiger partial charge in [-0.1, -0.05) is 0 Å². The quantitative estimate of drug-likeness (QED) is 0.675. The minimum atomic E-state index is -0.865. The van der Waals surface area contributed by atoms with Gasteiger partial charge >= 0.3 is 12.1 Å². The minimum absolute atomic E-state index is 0.0853. The van der Waals surface area contributed by atoms with E-state index < -0.39 is 29.8 Å². The van der Waals surface area contributed by atoms with Crippen molar-refractivity contribution < 1.29 is 28.6 Å². The third-order valence-corrected chi connectivity index (χ3v) is 3.79. The van der Waals surface area contributed by atoms with Crippen LogP contribution < -0.4 is 0 Å². The molecule has 3 unspecified atom stereocenters. The van der Waals surface area contributed by atoms with Crippen molar-refractivity contribution >= 4 is 17.8 Å². The first kappa shape index (κ1) is 16.7. The third-order valence-electron chi connectivity index (χ3n) is 3.79. The van der Waals surface area contributed by atoms with E-state index in [1.165, 1.54) is 12.0 Å². The molecule has 2 aliphatic rings. The summed E-state index contributed by atoms with van der Waals surface area (Å²) in [5, 5.41) is 0. The SMILES string of the molecule is COC(=O)C1C2OCCC(=O)CC2CN1C(=O)OC(C)(C)C. The molecule has 22 heavy (non-hydrogen) atoms. The Kier molecular flexibility index (Phi) is 4.75. The summed E-state index contributed by atoms with van der Waals surface area (Å²) in [4.78, 5) is 37.5. The Morgan fingerprint density at radius 1 is 1.32 bits per heavy atom. The van der Waals surface area contributed by atoms with E-state index >= 15 is 0 Å². The molecule has 7 heteroatoms. The normalized spacial score (nSPS) is 28.8. The number of amides is 1. The molecule has 0 aromatic rings. The van der Waals surface area contributed by atoms with E-state index in [1.54, 1.807) is 20.8 Å². The van der Waals surface area contributed by atoms with Crippen molar-refractivity contribution in [3.05, 3.63) is 0 Å². The van der Waals surface area contributed by atoms with E-state index in [0.717, 1.165) is 0 Å². The number of carbonyl (C=O) groups is 3. The summed E-state index contributed by atoms with van der Waals surface area (Å²) in [7, 11) is 1.27. The van der Waals surface area contributed by atoms with Crippen LogP contribution in [0.4, 0.5) is 4.79 Å². The fourth-order valence-corrected chi connectivity index (χ4v) is 2.91. The summed E-state index contributed by atoms with van der Waals surface area (Å²) in [6.07, 6.45) is -0.469. The number of hydrogen-bond acceptors (Lipinski definition) is 6. The van der Waals surface area contributed by atoms with Gasteiger partial charge in [-0.2, -0.15) is 0 Å². The van der Waals surface area contributed by atoms with E-state index in [9.17, 15) is 14.4 Å².